The second kappa shape index (κ2) is 7.11. The summed E-state index contributed by atoms with van der Waals surface area (Å²) in [6, 6.07) is 0. The van der Waals surface area contributed by atoms with Gasteiger partial charge in [-0.2, -0.15) is 0 Å². The van der Waals surface area contributed by atoms with E-state index >= 15 is 0 Å². The van der Waals surface area contributed by atoms with Gasteiger partial charge in [-0.25, -0.2) is 4.98 Å². The summed E-state index contributed by atoms with van der Waals surface area (Å²) in [4.78, 5) is 23.1. The number of rotatable bonds is 5. The van der Waals surface area contributed by atoms with Crippen molar-refractivity contribution in [1.29, 1.82) is 0 Å². The average molecular weight is 399 g/mol. The van der Waals surface area contributed by atoms with Crippen LogP contribution in [-0.2, 0) is 23.8 Å². The van der Waals surface area contributed by atoms with Crippen LogP contribution in [0.1, 0.15) is 76.6 Å². The number of fused-ring (bicyclic) bond motifs is 2. The first-order valence-corrected chi connectivity index (χ1v) is 12.0. The van der Waals surface area contributed by atoms with Gasteiger partial charge < -0.3 is 14.4 Å². The van der Waals surface area contributed by atoms with Gasteiger partial charge in [0.2, 0.25) is 5.91 Å². The van der Waals surface area contributed by atoms with Gasteiger partial charge in [-0.1, -0.05) is 26.7 Å². The van der Waals surface area contributed by atoms with Crippen LogP contribution in [0.15, 0.2) is 6.33 Å². The zero-order chi connectivity index (χ0) is 20.2. The fraction of sp³-hybridized carbons (Fsp3) is 0.833. The van der Waals surface area contributed by atoms with Gasteiger partial charge in [0, 0.05) is 51.8 Å². The lowest BCUT2D eigenvalue weighted by atomic mass is 9.52. The van der Waals surface area contributed by atoms with Crippen molar-refractivity contribution >= 4 is 5.91 Å². The molecule has 2 aliphatic carbocycles. The molecule has 2 spiro atoms. The number of likely N-dealkylation sites (tertiary alicyclic amines) is 1. The molecule has 0 aromatic carbocycles. The molecule has 1 saturated heterocycles. The van der Waals surface area contributed by atoms with Gasteiger partial charge in [0.15, 0.2) is 0 Å². The second-order valence-electron chi connectivity index (χ2n) is 10.8. The van der Waals surface area contributed by atoms with Crippen molar-refractivity contribution in [1.82, 2.24) is 19.4 Å². The molecule has 2 atom stereocenters. The standard InChI is InChI=1S/C24H38N4O/c1-4-18(2)12-21(29)28-10-6-20-22(25-17-26(20)3)24(28)9-11-27(16-24)15-19-13-23(14-19)7-5-8-23/h17-19H,4-16H2,1-3H3. The first-order valence-electron chi connectivity index (χ1n) is 12.0. The fourth-order valence-electron chi connectivity index (χ4n) is 6.80. The largest absolute Gasteiger partial charge is 0.337 e. The minimum Gasteiger partial charge on any atom is -0.337 e. The lowest BCUT2D eigenvalue weighted by molar-refractivity contribution is -0.139. The van der Waals surface area contributed by atoms with Gasteiger partial charge in [-0.15, -0.1) is 0 Å². The summed E-state index contributed by atoms with van der Waals surface area (Å²) in [6.07, 6.45) is 13.0. The summed E-state index contributed by atoms with van der Waals surface area (Å²) in [5, 5.41) is 0. The topological polar surface area (TPSA) is 41.4 Å². The SMILES string of the molecule is CCC(C)CC(=O)N1CCc2c(ncn2C)C12CCN(CC1CC3(CCC3)C1)C2. The number of hydrogen-bond donors (Lipinski definition) is 0. The van der Waals surface area contributed by atoms with E-state index in [2.05, 4.69) is 35.3 Å². The Labute approximate surface area is 175 Å². The van der Waals surface area contributed by atoms with E-state index in [4.69, 9.17) is 4.98 Å². The number of amides is 1. The van der Waals surface area contributed by atoms with Gasteiger partial charge in [0.25, 0.3) is 0 Å². The van der Waals surface area contributed by atoms with E-state index in [0.29, 0.717) is 18.2 Å². The van der Waals surface area contributed by atoms with E-state index < -0.39 is 0 Å². The van der Waals surface area contributed by atoms with Crippen LogP contribution in [0, 0.1) is 17.3 Å². The highest BCUT2D eigenvalue weighted by molar-refractivity contribution is 5.78. The van der Waals surface area contributed by atoms with Crippen LogP contribution in [0.3, 0.4) is 0 Å². The molecule has 1 amide bonds. The third kappa shape index (κ3) is 3.15. The summed E-state index contributed by atoms with van der Waals surface area (Å²) in [5.74, 6) is 1.67. The molecule has 160 valence electrons. The van der Waals surface area contributed by atoms with Crippen molar-refractivity contribution in [2.75, 3.05) is 26.2 Å². The summed E-state index contributed by atoms with van der Waals surface area (Å²) in [6.45, 7) is 8.54. The Morgan fingerprint density at radius 3 is 2.76 bits per heavy atom. The van der Waals surface area contributed by atoms with Crippen LogP contribution < -0.4 is 0 Å². The summed E-state index contributed by atoms with van der Waals surface area (Å²) < 4.78 is 2.18. The Bertz CT molecular complexity index is 774. The summed E-state index contributed by atoms with van der Waals surface area (Å²) >= 11 is 0. The van der Waals surface area contributed by atoms with Gasteiger partial charge >= 0.3 is 0 Å². The van der Waals surface area contributed by atoms with Gasteiger partial charge in [-0.3, -0.25) is 4.79 Å². The molecule has 2 saturated carbocycles. The molecule has 0 radical (unpaired) electrons. The molecule has 3 heterocycles. The number of imidazole rings is 1. The number of nitrogens with zero attached hydrogens (tertiary/aromatic N) is 4. The Kier molecular flexibility index (Phi) is 4.80. The molecule has 1 aromatic heterocycles. The van der Waals surface area contributed by atoms with Gasteiger partial charge in [0.1, 0.15) is 5.54 Å². The maximum absolute atomic E-state index is 13.3. The predicted octanol–water partition coefficient (Wildman–Crippen LogP) is 3.72. The van der Waals surface area contributed by atoms with Crippen LogP contribution in [0.25, 0.3) is 0 Å². The highest BCUT2D eigenvalue weighted by atomic mass is 16.2. The van der Waals surface area contributed by atoms with Crippen LogP contribution in [0.4, 0.5) is 0 Å². The third-order valence-electron chi connectivity index (χ3n) is 8.81. The number of hydrogen-bond acceptors (Lipinski definition) is 3. The number of carbonyl (C=O) groups is 1. The second-order valence-corrected chi connectivity index (χ2v) is 10.8. The fourth-order valence-corrected chi connectivity index (χ4v) is 6.80. The van der Waals surface area contributed by atoms with Crippen molar-refractivity contribution < 1.29 is 4.79 Å². The Balaban J connectivity index is 1.34. The highest BCUT2D eigenvalue weighted by Crippen LogP contribution is 2.59. The first-order chi connectivity index (χ1) is 13.9. The Morgan fingerprint density at radius 2 is 2.07 bits per heavy atom. The molecule has 0 bridgehead atoms. The molecule has 2 unspecified atom stereocenters. The molecule has 2 aliphatic heterocycles. The minimum atomic E-state index is -0.197. The smallest absolute Gasteiger partial charge is 0.223 e. The number of aryl methyl sites for hydroxylation is 1. The van der Waals surface area contributed by atoms with Crippen molar-refractivity contribution in [3.05, 3.63) is 17.7 Å². The van der Waals surface area contributed by atoms with Crippen LogP contribution in [0.2, 0.25) is 0 Å². The normalized spacial score (nSPS) is 29.7. The molecular weight excluding hydrogens is 360 g/mol. The Hall–Kier alpha value is -1.36. The van der Waals surface area contributed by atoms with E-state index in [1.807, 2.05) is 6.33 Å². The maximum atomic E-state index is 13.3. The molecule has 0 N–H and O–H groups in total. The monoisotopic (exact) mass is 398 g/mol. The molecule has 5 rings (SSSR count). The maximum Gasteiger partial charge on any atom is 0.223 e. The van der Waals surface area contributed by atoms with Crippen LogP contribution in [-0.4, -0.2) is 51.4 Å². The summed E-state index contributed by atoms with van der Waals surface area (Å²) in [5.41, 5.74) is 3.09. The Morgan fingerprint density at radius 1 is 1.28 bits per heavy atom. The molecule has 4 aliphatic rings. The van der Waals surface area contributed by atoms with Crippen LogP contribution >= 0.6 is 0 Å². The molecule has 3 fully saturated rings. The first kappa shape index (κ1) is 19.6. The van der Waals surface area contributed by atoms with Crippen molar-refractivity contribution in [2.45, 2.75) is 77.2 Å². The average Bonchev–Trinajstić information content (AvgIpc) is 3.21. The summed E-state index contributed by atoms with van der Waals surface area (Å²) in [7, 11) is 2.11. The van der Waals surface area contributed by atoms with E-state index in [0.717, 1.165) is 50.2 Å². The zero-order valence-corrected chi connectivity index (χ0v) is 18.6. The van der Waals surface area contributed by atoms with Crippen molar-refractivity contribution in [3.8, 4) is 0 Å². The highest BCUT2D eigenvalue weighted by Gasteiger charge is 2.53. The molecule has 5 nitrogen and oxygen atoms in total. The predicted molar refractivity (Wildman–Crippen MR) is 114 cm³/mol. The van der Waals surface area contributed by atoms with Crippen molar-refractivity contribution in [2.24, 2.45) is 24.3 Å². The third-order valence-corrected chi connectivity index (χ3v) is 8.81. The van der Waals surface area contributed by atoms with Crippen molar-refractivity contribution in [3.63, 3.8) is 0 Å². The van der Waals surface area contributed by atoms with Crippen LogP contribution in [0.5, 0.6) is 0 Å². The van der Waals surface area contributed by atoms with E-state index in [1.165, 1.54) is 50.0 Å². The number of aromatic nitrogens is 2. The number of carbonyl (C=O) groups excluding carboxylic acids is 1. The van der Waals surface area contributed by atoms with Gasteiger partial charge in [-0.05, 0) is 49.4 Å². The molecule has 5 heteroatoms. The van der Waals surface area contributed by atoms with E-state index in [-0.39, 0.29) is 5.54 Å². The van der Waals surface area contributed by atoms with E-state index in [9.17, 15) is 4.79 Å². The quantitative estimate of drug-likeness (QED) is 0.759. The molecule has 1 aromatic rings. The van der Waals surface area contributed by atoms with E-state index in [1.54, 1.807) is 0 Å². The lowest BCUT2D eigenvalue weighted by Gasteiger charge is -2.55. The lowest BCUT2D eigenvalue weighted by Crippen LogP contribution is -2.56. The molecule has 29 heavy (non-hydrogen) atoms. The molecular formula is C24H38N4O. The minimum absolute atomic E-state index is 0.197. The zero-order valence-electron chi connectivity index (χ0n) is 18.6. The van der Waals surface area contributed by atoms with Gasteiger partial charge in [0.05, 0.1) is 12.0 Å².